The van der Waals surface area contributed by atoms with Gasteiger partial charge in [-0.25, -0.2) is 0 Å². The Bertz CT molecular complexity index is 881. The molecule has 0 amide bonds. The van der Waals surface area contributed by atoms with Crippen molar-refractivity contribution >= 4 is 15.9 Å². The lowest BCUT2D eigenvalue weighted by Crippen LogP contribution is -2.25. The van der Waals surface area contributed by atoms with Crippen LogP contribution in [0.4, 0.5) is 0 Å². The fraction of sp³-hybridized carbons (Fsp3) is 0.647. The second-order valence-electron chi connectivity index (χ2n) is 15.5. The van der Waals surface area contributed by atoms with Gasteiger partial charge in [-0.15, -0.1) is 0 Å². The zero-order valence-corrected chi connectivity index (χ0v) is 28.8. The van der Waals surface area contributed by atoms with E-state index in [9.17, 15) is 0 Å². The van der Waals surface area contributed by atoms with Gasteiger partial charge in [0, 0.05) is 0 Å². The van der Waals surface area contributed by atoms with Gasteiger partial charge in [0.05, 0.1) is 11.5 Å². The van der Waals surface area contributed by atoms with Crippen molar-refractivity contribution in [3.63, 3.8) is 0 Å². The minimum Gasteiger partial charge on any atom is -0.614 e. The minimum absolute atomic E-state index is 0.00719. The lowest BCUT2D eigenvalue weighted by molar-refractivity contribution is 0.413. The topological polar surface area (TPSA) is 18.5 Å². The Hall–Kier alpha value is -1.43. The molecule has 2 nitrogen and oxygen atoms in total. The van der Waals surface area contributed by atoms with E-state index < -0.39 is 15.9 Å². The van der Waals surface area contributed by atoms with Gasteiger partial charge in [0.15, 0.2) is 0 Å². The third-order valence-corrected chi connectivity index (χ3v) is 6.92. The molecule has 2 aromatic carbocycles. The van der Waals surface area contributed by atoms with Gasteiger partial charge in [0.25, 0.3) is 0 Å². The Kier molecular flexibility index (Phi) is 11.1. The Morgan fingerprint density at radius 3 is 0.838 bits per heavy atom. The monoisotopic (exact) mass is 524 g/mol. The molecule has 0 unspecified atom stereocenters. The molecule has 0 fully saturated rings. The van der Waals surface area contributed by atoms with E-state index in [-0.39, 0.29) is 21.7 Å². The second-order valence-corrected chi connectivity index (χ2v) is 16.3. The van der Waals surface area contributed by atoms with Crippen LogP contribution in [0, 0.1) is 19.8 Å². The number of rotatable bonds is 4. The molecule has 208 valence electrons. The number of hydrogen-bond donors (Lipinski definition) is 0. The summed E-state index contributed by atoms with van der Waals surface area (Å²) in [5, 5.41) is 0. The fourth-order valence-electron chi connectivity index (χ4n) is 4.23. The molecular weight excluding hydrogens is 467 g/mol. The van der Waals surface area contributed by atoms with Crippen LogP contribution >= 0.6 is 0 Å². The summed E-state index contributed by atoms with van der Waals surface area (Å²) in [6.45, 7) is 38.0. The maximum Gasteiger partial charge on any atom is 0.832 e. The van der Waals surface area contributed by atoms with Crippen LogP contribution in [0.5, 0.6) is 11.5 Å². The summed E-state index contributed by atoms with van der Waals surface area (Å²) in [5.74, 6) is 2.88. The highest BCUT2D eigenvalue weighted by atomic mass is 27.2. The van der Waals surface area contributed by atoms with E-state index in [2.05, 4.69) is 142 Å². The second kappa shape index (κ2) is 12.2. The molecule has 0 aliphatic rings. The molecule has 0 atom stereocenters. The molecule has 37 heavy (non-hydrogen) atoms. The number of benzene rings is 2. The predicted molar refractivity (Wildman–Crippen MR) is 166 cm³/mol. The SMILES string of the molecule is CC(C)C.Cc1cc(C(C)(C)C)c([O][AlH][O]c2c(C(C)(C)C)cc(C)cc2C(C)(C)C)c(C(C)(C)C)c1. The summed E-state index contributed by atoms with van der Waals surface area (Å²) in [6.07, 6.45) is 0. The van der Waals surface area contributed by atoms with Crippen LogP contribution in [0.3, 0.4) is 0 Å². The first kappa shape index (κ1) is 33.6. The van der Waals surface area contributed by atoms with Crippen LogP contribution in [0.15, 0.2) is 24.3 Å². The quantitative estimate of drug-likeness (QED) is 0.371. The lowest BCUT2D eigenvalue weighted by Gasteiger charge is -2.33. The van der Waals surface area contributed by atoms with Gasteiger partial charge < -0.3 is 7.58 Å². The largest absolute Gasteiger partial charge is 0.832 e. The number of hydrogen-bond acceptors (Lipinski definition) is 2. The van der Waals surface area contributed by atoms with Crippen molar-refractivity contribution in [1.29, 1.82) is 0 Å². The highest BCUT2D eigenvalue weighted by Crippen LogP contribution is 2.42. The highest BCUT2D eigenvalue weighted by Gasteiger charge is 2.30. The summed E-state index contributed by atoms with van der Waals surface area (Å²) in [7, 11) is 0. The molecule has 0 saturated carbocycles. The molecule has 0 spiro atoms. The van der Waals surface area contributed by atoms with E-state index in [0.717, 1.165) is 17.4 Å². The average Bonchev–Trinajstić information content (AvgIpc) is 2.65. The molecule has 0 heterocycles. The van der Waals surface area contributed by atoms with Crippen LogP contribution in [-0.2, 0) is 21.7 Å². The van der Waals surface area contributed by atoms with E-state index in [1.54, 1.807) is 0 Å². The first-order valence-electron chi connectivity index (χ1n) is 14.0. The Morgan fingerprint density at radius 1 is 0.486 bits per heavy atom. The molecule has 0 bridgehead atoms. The molecule has 0 saturated heterocycles. The summed E-state index contributed by atoms with van der Waals surface area (Å²) in [5.41, 5.74) is 7.59. The summed E-state index contributed by atoms with van der Waals surface area (Å²) in [4.78, 5) is 0. The standard InChI is InChI=1S/2C15H24O.C4H10.Al.H/c2*1-10-8-11(14(2,3)4)13(16)12(9-10)15(5,6)7;1-4(2)3;;/h2*8-9,16H,1-7H3;4H,1-3H3;;/q;;;+2;/p-2. The first-order valence-corrected chi connectivity index (χ1v) is 15.2. The molecular formula is C34H57AlO2. The average molecular weight is 525 g/mol. The van der Waals surface area contributed by atoms with E-state index in [1.165, 1.54) is 33.4 Å². The highest BCUT2D eigenvalue weighted by molar-refractivity contribution is 6.21. The van der Waals surface area contributed by atoms with Gasteiger partial charge in [-0.1, -0.05) is 139 Å². The van der Waals surface area contributed by atoms with Gasteiger partial charge in [-0.05, 0) is 63.7 Å². The van der Waals surface area contributed by atoms with E-state index in [4.69, 9.17) is 7.58 Å². The fourth-order valence-corrected chi connectivity index (χ4v) is 5.15. The van der Waals surface area contributed by atoms with Crippen LogP contribution in [0.25, 0.3) is 0 Å². The molecule has 2 aromatic rings. The van der Waals surface area contributed by atoms with Crippen molar-refractivity contribution in [2.45, 2.75) is 139 Å². The van der Waals surface area contributed by atoms with Gasteiger partial charge >= 0.3 is 15.9 Å². The molecule has 0 aliphatic carbocycles. The summed E-state index contributed by atoms with van der Waals surface area (Å²) >= 11 is -1.33. The van der Waals surface area contributed by atoms with Crippen molar-refractivity contribution in [3.8, 4) is 11.5 Å². The molecule has 0 radical (unpaired) electrons. The zero-order chi connectivity index (χ0) is 29.1. The van der Waals surface area contributed by atoms with Gasteiger partial charge in [-0.3, -0.25) is 0 Å². The Morgan fingerprint density at radius 2 is 0.676 bits per heavy atom. The molecule has 0 aliphatic heterocycles. The summed E-state index contributed by atoms with van der Waals surface area (Å²) < 4.78 is 13.3. The molecule has 0 N–H and O–H groups in total. The Balaban J connectivity index is 0.00000159. The van der Waals surface area contributed by atoms with Crippen LogP contribution < -0.4 is 7.58 Å². The van der Waals surface area contributed by atoms with Crippen molar-refractivity contribution in [3.05, 3.63) is 57.6 Å². The van der Waals surface area contributed by atoms with Crippen LogP contribution in [-0.4, -0.2) is 15.9 Å². The molecule has 0 aromatic heterocycles. The van der Waals surface area contributed by atoms with E-state index in [1.807, 2.05) is 0 Å². The zero-order valence-electron chi connectivity index (χ0n) is 27.4. The third-order valence-electron chi connectivity index (χ3n) is 6.11. The smallest absolute Gasteiger partial charge is 0.614 e. The Labute approximate surface area is 237 Å². The van der Waals surface area contributed by atoms with Gasteiger partial charge in [0.1, 0.15) is 0 Å². The van der Waals surface area contributed by atoms with E-state index >= 15 is 0 Å². The van der Waals surface area contributed by atoms with Gasteiger partial charge in [0.2, 0.25) is 0 Å². The third kappa shape index (κ3) is 10.00. The van der Waals surface area contributed by atoms with Crippen LogP contribution in [0.1, 0.15) is 137 Å². The predicted octanol–water partition coefficient (Wildman–Crippen LogP) is 9.88. The summed E-state index contributed by atoms with van der Waals surface area (Å²) in [6, 6.07) is 9.13. The van der Waals surface area contributed by atoms with E-state index in [0.29, 0.717) is 0 Å². The van der Waals surface area contributed by atoms with Crippen LogP contribution in [0.2, 0.25) is 0 Å². The van der Waals surface area contributed by atoms with Crippen molar-refractivity contribution in [1.82, 2.24) is 0 Å². The maximum atomic E-state index is 6.66. The maximum absolute atomic E-state index is 6.66. The normalized spacial score (nSPS) is 12.7. The van der Waals surface area contributed by atoms with Gasteiger partial charge in [-0.2, -0.15) is 0 Å². The number of aryl methyl sites for hydroxylation is 2. The first-order chi connectivity index (χ1) is 16.5. The molecule has 2 rings (SSSR count). The lowest BCUT2D eigenvalue weighted by atomic mass is 9.78. The van der Waals surface area contributed by atoms with Crippen molar-refractivity contribution < 1.29 is 7.58 Å². The van der Waals surface area contributed by atoms with Crippen molar-refractivity contribution in [2.75, 3.05) is 0 Å². The van der Waals surface area contributed by atoms with Crippen molar-refractivity contribution in [2.24, 2.45) is 5.92 Å². The molecule has 3 heteroatoms. The minimum atomic E-state index is -1.33.